The van der Waals surface area contributed by atoms with E-state index in [1.807, 2.05) is 47.2 Å². The van der Waals surface area contributed by atoms with Gasteiger partial charge >= 0.3 is 0 Å². The molecule has 0 N–H and O–H groups in total. The summed E-state index contributed by atoms with van der Waals surface area (Å²) in [5.41, 5.74) is 4.45. The molecular formula is C23H24N6O. The summed E-state index contributed by atoms with van der Waals surface area (Å²) < 4.78 is 10.3. The fraction of sp³-hybridized carbons (Fsp3) is 0.391. The summed E-state index contributed by atoms with van der Waals surface area (Å²) in [5.74, 6) is 3.41. The molecule has 7 rings (SSSR count). The van der Waals surface area contributed by atoms with E-state index in [-0.39, 0.29) is 0 Å². The molecule has 3 heterocycles. The van der Waals surface area contributed by atoms with Crippen molar-refractivity contribution in [3.63, 3.8) is 0 Å². The van der Waals surface area contributed by atoms with Gasteiger partial charge in [0.05, 0.1) is 0 Å². The lowest BCUT2D eigenvalue weighted by Gasteiger charge is -2.38. The molecule has 7 heteroatoms. The standard InChI is InChI=1S/C23H24N6O/c1-2-28-13-12-24-18(28)14-30-23-20-16-10-8-15(9-11-16)19(20)22-26-25-21(29(22)27-23)17-6-4-3-5-7-17/h3-7,12-13,15-16H,2,8-11,14H2,1H3. The van der Waals surface area contributed by atoms with E-state index >= 15 is 0 Å². The maximum Gasteiger partial charge on any atom is 0.236 e. The molecule has 3 aliphatic rings. The van der Waals surface area contributed by atoms with Crippen molar-refractivity contribution in [1.82, 2.24) is 29.4 Å². The van der Waals surface area contributed by atoms with E-state index in [4.69, 9.17) is 9.84 Å². The second-order valence-electron chi connectivity index (χ2n) is 8.22. The molecule has 152 valence electrons. The van der Waals surface area contributed by atoms with Crippen LogP contribution in [0.2, 0.25) is 0 Å². The minimum absolute atomic E-state index is 0.409. The second kappa shape index (κ2) is 6.93. The SMILES string of the molecule is CCn1ccnc1COc1nn2c(-c3ccccc3)nnc2c2c1C1CCC2CC1. The predicted molar refractivity (Wildman–Crippen MR) is 112 cm³/mol. The number of aromatic nitrogens is 6. The van der Waals surface area contributed by atoms with Crippen LogP contribution in [0.1, 0.15) is 61.4 Å². The van der Waals surface area contributed by atoms with Crippen molar-refractivity contribution in [2.45, 2.75) is 57.6 Å². The summed E-state index contributed by atoms with van der Waals surface area (Å²) in [5, 5.41) is 14.0. The Kier molecular flexibility index (Phi) is 4.07. The molecule has 1 saturated carbocycles. The van der Waals surface area contributed by atoms with Crippen LogP contribution < -0.4 is 4.74 Å². The third-order valence-corrected chi connectivity index (χ3v) is 6.65. The lowest BCUT2D eigenvalue weighted by Crippen LogP contribution is -2.25. The minimum Gasteiger partial charge on any atom is -0.468 e. The lowest BCUT2D eigenvalue weighted by molar-refractivity contribution is 0.257. The molecule has 0 amide bonds. The fourth-order valence-corrected chi connectivity index (χ4v) is 5.17. The Morgan fingerprint density at radius 3 is 2.53 bits per heavy atom. The van der Waals surface area contributed by atoms with Crippen molar-refractivity contribution in [1.29, 1.82) is 0 Å². The van der Waals surface area contributed by atoms with Gasteiger partial charge in [-0.25, -0.2) is 4.98 Å². The maximum absolute atomic E-state index is 6.34. The molecule has 7 nitrogen and oxygen atoms in total. The van der Waals surface area contributed by atoms with Crippen LogP contribution in [-0.2, 0) is 13.2 Å². The van der Waals surface area contributed by atoms with Gasteiger partial charge in [-0.15, -0.1) is 15.3 Å². The molecule has 4 aromatic rings. The first-order chi connectivity index (χ1) is 14.8. The number of imidazole rings is 1. The van der Waals surface area contributed by atoms with E-state index in [1.165, 1.54) is 36.8 Å². The molecule has 0 saturated heterocycles. The van der Waals surface area contributed by atoms with Gasteiger partial charge in [-0.1, -0.05) is 30.3 Å². The van der Waals surface area contributed by atoms with Gasteiger partial charge in [-0.3, -0.25) is 0 Å². The number of hydrogen-bond donors (Lipinski definition) is 0. The summed E-state index contributed by atoms with van der Waals surface area (Å²) in [6.07, 6.45) is 8.64. The Bertz CT molecular complexity index is 1200. The highest BCUT2D eigenvalue weighted by Gasteiger charge is 2.39. The summed E-state index contributed by atoms with van der Waals surface area (Å²) in [4.78, 5) is 4.46. The number of benzene rings is 1. The monoisotopic (exact) mass is 400 g/mol. The number of rotatable bonds is 5. The van der Waals surface area contributed by atoms with Gasteiger partial charge in [-0.05, 0) is 44.4 Å². The van der Waals surface area contributed by atoms with E-state index in [9.17, 15) is 0 Å². The van der Waals surface area contributed by atoms with Crippen LogP contribution >= 0.6 is 0 Å². The average molecular weight is 400 g/mol. The number of hydrogen-bond acceptors (Lipinski definition) is 5. The number of ether oxygens (including phenoxy) is 1. The van der Waals surface area contributed by atoms with E-state index in [2.05, 4.69) is 26.7 Å². The Hall–Kier alpha value is -3.22. The number of fused-ring (bicyclic) bond motifs is 3. The van der Waals surface area contributed by atoms with Gasteiger partial charge in [0.25, 0.3) is 0 Å². The van der Waals surface area contributed by atoms with Gasteiger partial charge in [0.15, 0.2) is 11.5 Å². The van der Waals surface area contributed by atoms with E-state index < -0.39 is 0 Å². The predicted octanol–water partition coefficient (Wildman–Crippen LogP) is 4.34. The van der Waals surface area contributed by atoms with Crippen molar-refractivity contribution in [3.8, 4) is 17.3 Å². The molecule has 0 spiro atoms. The first kappa shape index (κ1) is 17.6. The summed E-state index contributed by atoms with van der Waals surface area (Å²) in [7, 11) is 0. The van der Waals surface area contributed by atoms with Crippen molar-refractivity contribution in [2.24, 2.45) is 0 Å². The molecule has 1 aromatic carbocycles. The Balaban J connectivity index is 1.50. The molecular weight excluding hydrogens is 376 g/mol. The third-order valence-electron chi connectivity index (χ3n) is 6.65. The van der Waals surface area contributed by atoms with Gasteiger partial charge < -0.3 is 9.30 Å². The normalized spacial score (nSPS) is 19.9. The Labute approximate surface area is 174 Å². The van der Waals surface area contributed by atoms with Crippen LogP contribution in [0.4, 0.5) is 0 Å². The van der Waals surface area contributed by atoms with Crippen molar-refractivity contribution in [3.05, 3.63) is 59.7 Å². The second-order valence-corrected chi connectivity index (χ2v) is 8.22. The van der Waals surface area contributed by atoms with Crippen molar-refractivity contribution < 1.29 is 4.74 Å². The van der Waals surface area contributed by atoms with Crippen molar-refractivity contribution in [2.75, 3.05) is 0 Å². The highest BCUT2D eigenvalue weighted by Crippen LogP contribution is 2.53. The topological polar surface area (TPSA) is 70.1 Å². The molecule has 1 fully saturated rings. The molecule has 0 atom stereocenters. The quantitative estimate of drug-likeness (QED) is 0.498. The summed E-state index contributed by atoms with van der Waals surface area (Å²) >= 11 is 0. The Morgan fingerprint density at radius 1 is 1.00 bits per heavy atom. The van der Waals surface area contributed by atoms with Gasteiger partial charge in [0.2, 0.25) is 5.88 Å². The third kappa shape index (κ3) is 2.65. The Morgan fingerprint density at radius 2 is 1.77 bits per heavy atom. The zero-order chi connectivity index (χ0) is 20.1. The van der Waals surface area contributed by atoms with Crippen LogP contribution in [0, 0.1) is 0 Å². The molecule has 0 unspecified atom stereocenters. The van der Waals surface area contributed by atoms with Gasteiger partial charge in [-0.2, -0.15) is 4.52 Å². The van der Waals surface area contributed by atoms with E-state index in [0.717, 1.165) is 35.3 Å². The average Bonchev–Trinajstić information content (AvgIpc) is 3.45. The highest BCUT2D eigenvalue weighted by molar-refractivity contribution is 5.65. The number of aryl methyl sites for hydroxylation is 1. The first-order valence-corrected chi connectivity index (χ1v) is 10.8. The van der Waals surface area contributed by atoms with Crippen LogP contribution in [0.25, 0.3) is 17.0 Å². The smallest absolute Gasteiger partial charge is 0.236 e. The van der Waals surface area contributed by atoms with Gasteiger partial charge in [0.1, 0.15) is 12.4 Å². The zero-order valence-electron chi connectivity index (χ0n) is 17.0. The van der Waals surface area contributed by atoms with E-state index in [0.29, 0.717) is 18.4 Å². The van der Waals surface area contributed by atoms with Crippen LogP contribution in [-0.4, -0.2) is 29.4 Å². The highest BCUT2D eigenvalue weighted by atomic mass is 16.5. The van der Waals surface area contributed by atoms with Gasteiger partial charge in [0, 0.05) is 35.6 Å². The maximum atomic E-state index is 6.34. The molecule has 30 heavy (non-hydrogen) atoms. The molecule has 2 bridgehead atoms. The number of nitrogens with zero attached hydrogens (tertiary/aromatic N) is 6. The lowest BCUT2D eigenvalue weighted by atomic mass is 9.67. The van der Waals surface area contributed by atoms with Crippen LogP contribution in [0.5, 0.6) is 5.88 Å². The van der Waals surface area contributed by atoms with E-state index in [1.54, 1.807) is 0 Å². The minimum atomic E-state index is 0.409. The van der Waals surface area contributed by atoms with Crippen molar-refractivity contribution >= 4 is 5.65 Å². The molecule has 3 aromatic heterocycles. The first-order valence-electron chi connectivity index (χ1n) is 10.8. The zero-order valence-corrected chi connectivity index (χ0v) is 17.0. The molecule has 0 aliphatic heterocycles. The van der Waals surface area contributed by atoms with Crippen LogP contribution in [0.15, 0.2) is 42.7 Å². The summed E-state index contributed by atoms with van der Waals surface area (Å²) in [6, 6.07) is 10.1. The fourth-order valence-electron chi connectivity index (χ4n) is 5.17. The largest absolute Gasteiger partial charge is 0.468 e. The summed E-state index contributed by atoms with van der Waals surface area (Å²) in [6.45, 7) is 3.39. The molecule has 0 radical (unpaired) electrons. The van der Waals surface area contributed by atoms with Crippen LogP contribution in [0.3, 0.4) is 0 Å². The molecule has 3 aliphatic carbocycles.